The number of nitrogens with two attached hydrogens (primary N) is 1. The number of carbonyl (C=O) groups excluding carboxylic acids is 1. The van der Waals surface area contributed by atoms with Gasteiger partial charge in [0.1, 0.15) is 6.04 Å². The SMILES string of the molecule is CCOC(=O)C(N)CCSCCC(C)C(F)(F)F. The molecule has 18 heavy (non-hydrogen) atoms. The number of hydrogen-bond acceptors (Lipinski definition) is 4. The number of carbonyl (C=O) groups is 1. The van der Waals surface area contributed by atoms with Crippen LogP contribution < -0.4 is 5.73 Å². The molecule has 0 saturated heterocycles. The zero-order valence-corrected chi connectivity index (χ0v) is 11.4. The Morgan fingerprint density at radius 3 is 2.39 bits per heavy atom. The summed E-state index contributed by atoms with van der Waals surface area (Å²) in [5, 5.41) is 0. The van der Waals surface area contributed by atoms with Gasteiger partial charge in [-0.25, -0.2) is 0 Å². The van der Waals surface area contributed by atoms with E-state index in [0.29, 0.717) is 17.9 Å². The summed E-state index contributed by atoms with van der Waals surface area (Å²) in [5.74, 6) is -0.772. The molecule has 0 radical (unpaired) electrons. The van der Waals surface area contributed by atoms with Crippen LogP contribution in [-0.2, 0) is 9.53 Å². The van der Waals surface area contributed by atoms with Crippen molar-refractivity contribution in [1.29, 1.82) is 0 Å². The lowest BCUT2D eigenvalue weighted by atomic mass is 10.1. The van der Waals surface area contributed by atoms with Gasteiger partial charge in [-0.2, -0.15) is 24.9 Å². The molecule has 0 aromatic carbocycles. The van der Waals surface area contributed by atoms with Gasteiger partial charge in [0.2, 0.25) is 0 Å². The molecule has 2 unspecified atom stereocenters. The number of halogens is 3. The van der Waals surface area contributed by atoms with E-state index in [1.807, 2.05) is 0 Å². The number of ether oxygens (including phenoxy) is 1. The highest BCUT2D eigenvalue weighted by Crippen LogP contribution is 2.29. The van der Waals surface area contributed by atoms with Gasteiger partial charge in [-0.1, -0.05) is 6.92 Å². The first-order valence-electron chi connectivity index (χ1n) is 5.85. The quantitative estimate of drug-likeness (QED) is 0.551. The highest BCUT2D eigenvalue weighted by Gasteiger charge is 2.35. The Bertz CT molecular complexity index is 249. The molecule has 108 valence electrons. The number of hydrogen-bond donors (Lipinski definition) is 1. The molecule has 0 saturated carbocycles. The van der Waals surface area contributed by atoms with Gasteiger partial charge in [0.25, 0.3) is 0 Å². The Kier molecular flexibility index (Phi) is 8.43. The van der Waals surface area contributed by atoms with E-state index in [9.17, 15) is 18.0 Å². The van der Waals surface area contributed by atoms with Crippen LogP contribution >= 0.6 is 11.8 Å². The summed E-state index contributed by atoms with van der Waals surface area (Å²) in [7, 11) is 0. The van der Waals surface area contributed by atoms with Crippen molar-refractivity contribution in [3.8, 4) is 0 Å². The molecular formula is C11H20F3NO2S. The average Bonchev–Trinajstić information content (AvgIpc) is 2.27. The normalized spacial score (nSPS) is 15.2. The lowest BCUT2D eigenvalue weighted by molar-refractivity contribution is -0.169. The van der Waals surface area contributed by atoms with E-state index in [2.05, 4.69) is 0 Å². The standard InChI is InChI=1S/C11H20F3NO2S/c1-3-17-10(16)9(15)5-7-18-6-4-8(2)11(12,13)14/h8-9H,3-7,15H2,1-2H3. The molecule has 0 aliphatic heterocycles. The molecule has 0 bridgehead atoms. The molecule has 0 spiro atoms. The summed E-state index contributed by atoms with van der Waals surface area (Å²) in [5.41, 5.74) is 5.55. The molecule has 0 fully saturated rings. The van der Waals surface area contributed by atoms with Crippen molar-refractivity contribution in [2.24, 2.45) is 11.7 Å². The first-order valence-corrected chi connectivity index (χ1v) is 7.01. The van der Waals surface area contributed by atoms with Gasteiger partial charge in [0, 0.05) is 0 Å². The minimum atomic E-state index is -4.12. The Labute approximate surface area is 110 Å². The molecule has 7 heteroatoms. The third-order valence-corrected chi connectivity index (χ3v) is 3.47. The number of thioether (sulfide) groups is 1. The van der Waals surface area contributed by atoms with Crippen molar-refractivity contribution in [2.45, 2.75) is 38.9 Å². The largest absolute Gasteiger partial charge is 0.465 e. The van der Waals surface area contributed by atoms with Crippen LogP contribution in [0.5, 0.6) is 0 Å². The van der Waals surface area contributed by atoms with E-state index in [0.717, 1.165) is 0 Å². The van der Waals surface area contributed by atoms with Crippen LogP contribution in [0, 0.1) is 5.92 Å². The summed E-state index contributed by atoms with van der Waals surface area (Å²) in [6, 6.07) is -0.683. The van der Waals surface area contributed by atoms with Gasteiger partial charge in [-0.05, 0) is 31.3 Å². The molecule has 2 N–H and O–H groups in total. The minimum absolute atomic E-state index is 0.0861. The van der Waals surface area contributed by atoms with Crippen molar-refractivity contribution in [2.75, 3.05) is 18.1 Å². The van der Waals surface area contributed by atoms with E-state index in [4.69, 9.17) is 10.5 Å². The zero-order valence-electron chi connectivity index (χ0n) is 10.6. The number of rotatable bonds is 8. The van der Waals surface area contributed by atoms with Crippen LogP contribution in [0.15, 0.2) is 0 Å². The van der Waals surface area contributed by atoms with Crippen LogP contribution in [0.2, 0.25) is 0 Å². The van der Waals surface area contributed by atoms with E-state index >= 15 is 0 Å². The number of esters is 1. The summed E-state index contributed by atoms with van der Waals surface area (Å²) in [6.07, 6.45) is -3.62. The van der Waals surface area contributed by atoms with Gasteiger partial charge in [-0.3, -0.25) is 4.79 Å². The lowest BCUT2D eigenvalue weighted by Gasteiger charge is -2.15. The van der Waals surface area contributed by atoms with Gasteiger partial charge >= 0.3 is 12.1 Å². The van der Waals surface area contributed by atoms with Crippen LogP contribution in [-0.4, -0.2) is 36.3 Å². The third kappa shape index (κ3) is 7.81. The first kappa shape index (κ1) is 17.6. The van der Waals surface area contributed by atoms with Gasteiger partial charge < -0.3 is 10.5 Å². The topological polar surface area (TPSA) is 52.3 Å². The Morgan fingerprint density at radius 1 is 1.33 bits per heavy atom. The van der Waals surface area contributed by atoms with Gasteiger partial charge in [-0.15, -0.1) is 0 Å². The molecule has 2 atom stereocenters. The van der Waals surface area contributed by atoms with E-state index in [-0.39, 0.29) is 13.0 Å². The molecule has 3 nitrogen and oxygen atoms in total. The molecule has 0 aromatic rings. The van der Waals surface area contributed by atoms with Gasteiger partial charge in [0.05, 0.1) is 12.5 Å². The minimum Gasteiger partial charge on any atom is -0.465 e. The molecular weight excluding hydrogens is 267 g/mol. The Balaban J connectivity index is 3.60. The summed E-state index contributed by atoms with van der Waals surface area (Å²) < 4.78 is 41.3. The van der Waals surface area contributed by atoms with Crippen molar-refractivity contribution in [3.63, 3.8) is 0 Å². The Hall–Kier alpha value is -0.430. The average molecular weight is 287 g/mol. The summed E-state index contributed by atoms with van der Waals surface area (Å²) >= 11 is 1.37. The predicted octanol–water partition coefficient (Wildman–Crippen LogP) is 2.59. The lowest BCUT2D eigenvalue weighted by Crippen LogP contribution is -2.32. The maximum absolute atomic E-state index is 12.2. The monoisotopic (exact) mass is 287 g/mol. The molecule has 0 rings (SSSR count). The summed E-state index contributed by atoms with van der Waals surface area (Å²) in [6.45, 7) is 3.14. The maximum Gasteiger partial charge on any atom is 0.391 e. The van der Waals surface area contributed by atoms with Crippen molar-refractivity contribution < 1.29 is 22.7 Å². The summed E-state index contributed by atoms with van der Waals surface area (Å²) in [4.78, 5) is 11.1. The predicted molar refractivity (Wildman–Crippen MR) is 66.4 cm³/mol. The highest BCUT2D eigenvalue weighted by atomic mass is 32.2. The smallest absolute Gasteiger partial charge is 0.391 e. The molecule has 0 aliphatic rings. The highest BCUT2D eigenvalue weighted by molar-refractivity contribution is 7.99. The molecule has 0 aliphatic carbocycles. The fourth-order valence-electron chi connectivity index (χ4n) is 1.10. The Morgan fingerprint density at radius 2 is 1.89 bits per heavy atom. The van der Waals surface area contributed by atoms with Gasteiger partial charge in [0.15, 0.2) is 0 Å². The zero-order chi connectivity index (χ0) is 14.2. The molecule has 0 amide bonds. The van der Waals surface area contributed by atoms with Crippen LogP contribution in [0.3, 0.4) is 0 Å². The first-order chi connectivity index (χ1) is 8.29. The second-order valence-electron chi connectivity index (χ2n) is 3.99. The van der Waals surface area contributed by atoms with E-state index in [1.54, 1.807) is 6.92 Å². The van der Waals surface area contributed by atoms with Crippen LogP contribution in [0.1, 0.15) is 26.7 Å². The second-order valence-corrected chi connectivity index (χ2v) is 5.22. The van der Waals surface area contributed by atoms with E-state index < -0.39 is 24.1 Å². The van der Waals surface area contributed by atoms with Crippen LogP contribution in [0.25, 0.3) is 0 Å². The van der Waals surface area contributed by atoms with Crippen LogP contribution in [0.4, 0.5) is 13.2 Å². The fourth-order valence-corrected chi connectivity index (χ4v) is 2.25. The fraction of sp³-hybridized carbons (Fsp3) is 0.909. The van der Waals surface area contributed by atoms with Crippen molar-refractivity contribution in [3.05, 3.63) is 0 Å². The second kappa shape index (κ2) is 8.63. The number of alkyl halides is 3. The van der Waals surface area contributed by atoms with Crippen molar-refractivity contribution >= 4 is 17.7 Å². The van der Waals surface area contributed by atoms with E-state index in [1.165, 1.54) is 18.7 Å². The third-order valence-electron chi connectivity index (χ3n) is 2.42. The molecule has 0 aromatic heterocycles. The van der Waals surface area contributed by atoms with Crippen molar-refractivity contribution in [1.82, 2.24) is 0 Å². The maximum atomic E-state index is 12.2. The molecule has 0 heterocycles.